The third kappa shape index (κ3) is 2.37. The molecule has 2 atom stereocenters. The fraction of sp³-hybridized carbons (Fsp3) is 0.136. The van der Waals surface area contributed by atoms with Gasteiger partial charge >= 0.3 is 0 Å². The zero-order chi connectivity index (χ0) is 16.8. The van der Waals surface area contributed by atoms with Gasteiger partial charge in [-0.15, -0.1) is 0 Å². The molecule has 3 aromatic rings. The van der Waals surface area contributed by atoms with Crippen LogP contribution in [0.5, 0.6) is 0 Å². The summed E-state index contributed by atoms with van der Waals surface area (Å²) in [4.78, 5) is 0. The van der Waals surface area contributed by atoms with Gasteiger partial charge in [-0.05, 0) is 47.4 Å². The highest BCUT2D eigenvalue weighted by Gasteiger charge is 2.44. The van der Waals surface area contributed by atoms with Crippen LogP contribution in [-0.4, -0.2) is 11.8 Å². The van der Waals surface area contributed by atoms with E-state index in [1.165, 1.54) is 16.7 Å². The summed E-state index contributed by atoms with van der Waals surface area (Å²) in [6.45, 7) is 0. The van der Waals surface area contributed by atoms with Crippen molar-refractivity contribution >= 4 is 23.0 Å². The SMILES string of the molecule is Clc1ccc(N2N=C(c3ccccc3)[C@@H]3c4ccccc4C[C@H]32)cc1. The second kappa shape index (κ2) is 5.75. The zero-order valence-electron chi connectivity index (χ0n) is 13.6. The van der Waals surface area contributed by atoms with Crippen molar-refractivity contribution < 1.29 is 0 Å². The van der Waals surface area contributed by atoms with Crippen molar-refractivity contribution in [2.75, 3.05) is 5.01 Å². The van der Waals surface area contributed by atoms with E-state index in [0.29, 0.717) is 12.0 Å². The first kappa shape index (κ1) is 14.7. The summed E-state index contributed by atoms with van der Waals surface area (Å²) in [5.74, 6) is 0.314. The van der Waals surface area contributed by atoms with Gasteiger partial charge in [-0.1, -0.05) is 66.2 Å². The second-order valence-electron chi connectivity index (χ2n) is 6.62. The molecule has 2 nitrogen and oxygen atoms in total. The molecule has 122 valence electrons. The van der Waals surface area contributed by atoms with Crippen molar-refractivity contribution in [2.24, 2.45) is 5.10 Å². The molecule has 0 unspecified atom stereocenters. The normalized spacial score (nSPS) is 21.0. The fourth-order valence-corrected chi connectivity index (χ4v) is 4.20. The van der Waals surface area contributed by atoms with Crippen molar-refractivity contribution in [3.63, 3.8) is 0 Å². The first-order valence-corrected chi connectivity index (χ1v) is 8.95. The van der Waals surface area contributed by atoms with Crippen LogP contribution < -0.4 is 5.01 Å². The van der Waals surface area contributed by atoms with E-state index >= 15 is 0 Å². The predicted molar refractivity (Wildman–Crippen MR) is 104 cm³/mol. The Balaban J connectivity index is 1.65. The highest BCUT2D eigenvalue weighted by atomic mass is 35.5. The van der Waals surface area contributed by atoms with Gasteiger partial charge in [-0.3, -0.25) is 5.01 Å². The summed E-state index contributed by atoms with van der Waals surface area (Å²) in [6, 6.07) is 27.6. The molecule has 3 aromatic carbocycles. The molecule has 0 spiro atoms. The lowest BCUT2D eigenvalue weighted by molar-refractivity contribution is 0.650. The molecule has 0 radical (unpaired) electrons. The van der Waals surface area contributed by atoms with Crippen LogP contribution in [0.4, 0.5) is 5.69 Å². The van der Waals surface area contributed by atoms with Gasteiger partial charge in [-0.2, -0.15) is 5.10 Å². The first-order valence-electron chi connectivity index (χ1n) is 8.58. The van der Waals surface area contributed by atoms with Crippen molar-refractivity contribution in [3.8, 4) is 0 Å². The van der Waals surface area contributed by atoms with Crippen LogP contribution in [0.15, 0.2) is 84.0 Å². The molecule has 0 fully saturated rings. The Morgan fingerprint density at radius 1 is 0.840 bits per heavy atom. The van der Waals surface area contributed by atoms with Crippen LogP contribution in [0, 0.1) is 0 Å². The van der Waals surface area contributed by atoms with Crippen LogP contribution in [0.2, 0.25) is 5.02 Å². The number of rotatable bonds is 2. The van der Waals surface area contributed by atoms with Crippen LogP contribution in [0.3, 0.4) is 0 Å². The van der Waals surface area contributed by atoms with Crippen LogP contribution in [0.1, 0.15) is 22.6 Å². The molecular weight excluding hydrogens is 328 g/mol. The van der Waals surface area contributed by atoms with Crippen molar-refractivity contribution in [2.45, 2.75) is 18.4 Å². The maximum Gasteiger partial charge on any atom is 0.0778 e. The highest BCUT2D eigenvalue weighted by Crippen LogP contribution is 2.44. The smallest absolute Gasteiger partial charge is 0.0778 e. The molecule has 0 bridgehead atoms. The Bertz CT molecular complexity index is 947. The van der Waals surface area contributed by atoms with E-state index in [0.717, 1.165) is 22.8 Å². The van der Waals surface area contributed by atoms with Gasteiger partial charge in [0, 0.05) is 5.02 Å². The van der Waals surface area contributed by atoms with Gasteiger partial charge in [0.15, 0.2) is 0 Å². The van der Waals surface area contributed by atoms with Gasteiger partial charge in [0.1, 0.15) is 0 Å². The molecule has 0 N–H and O–H groups in total. The Labute approximate surface area is 152 Å². The molecule has 0 aromatic heterocycles. The van der Waals surface area contributed by atoms with E-state index in [1.54, 1.807) is 0 Å². The molecule has 3 heteroatoms. The largest absolute Gasteiger partial charge is 0.261 e. The molecule has 1 aliphatic heterocycles. The number of halogens is 1. The topological polar surface area (TPSA) is 15.6 Å². The van der Waals surface area contributed by atoms with Crippen LogP contribution in [-0.2, 0) is 6.42 Å². The van der Waals surface area contributed by atoms with Gasteiger partial charge in [0.05, 0.1) is 23.4 Å². The Morgan fingerprint density at radius 2 is 1.56 bits per heavy atom. The molecule has 1 heterocycles. The van der Waals surface area contributed by atoms with E-state index in [4.69, 9.17) is 16.7 Å². The number of hydrogen-bond acceptors (Lipinski definition) is 2. The fourth-order valence-electron chi connectivity index (χ4n) is 4.07. The molecule has 25 heavy (non-hydrogen) atoms. The standard InChI is InChI=1S/C22H17ClN2/c23-17-10-12-18(13-11-17)25-20-14-16-8-4-5-9-19(16)21(20)22(24-25)15-6-2-1-3-7-15/h1-13,20-21H,14H2/t20-,21-/m1/s1. The zero-order valence-corrected chi connectivity index (χ0v) is 14.4. The van der Waals surface area contributed by atoms with E-state index in [1.807, 2.05) is 12.1 Å². The minimum absolute atomic E-state index is 0.314. The predicted octanol–water partition coefficient (Wildman–Crippen LogP) is 5.27. The Hall–Kier alpha value is -2.58. The molecule has 2 aliphatic rings. The summed E-state index contributed by atoms with van der Waals surface area (Å²) >= 11 is 6.07. The lowest BCUT2D eigenvalue weighted by atomic mass is 9.90. The van der Waals surface area contributed by atoms with Crippen LogP contribution >= 0.6 is 11.6 Å². The van der Waals surface area contributed by atoms with Gasteiger partial charge in [-0.25, -0.2) is 0 Å². The lowest BCUT2D eigenvalue weighted by Crippen LogP contribution is -2.29. The van der Waals surface area contributed by atoms with E-state index < -0.39 is 0 Å². The van der Waals surface area contributed by atoms with Gasteiger partial charge < -0.3 is 0 Å². The summed E-state index contributed by atoms with van der Waals surface area (Å²) in [5.41, 5.74) is 6.29. The van der Waals surface area contributed by atoms with E-state index in [2.05, 4.69) is 71.7 Å². The van der Waals surface area contributed by atoms with E-state index in [-0.39, 0.29) is 0 Å². The highest BCUT2D eigenvalue weighted by molar-refractivity contribution is 6.30. The van der Waals surface area contributed by atoms with Crippen molar-refractivity contribution in [1.82, 2.24) is 0 Å². The minimum Gasteiger partial charge on any atom is -0.261 e. The Morgan fingerprint density at radius 3 is 2.36 bits per heavy atom. The summed E-state index contributed by atoms with van der Waals surface area (Å²) in [7, 11) is 0. The molecule has 1 aliphatic carbocycles. The number of hydrazone groups is 1. The third-order valence-electron chi connectivity index (χ3n) is 5.19. The summed E-state index contributed by atoms with van der Waals surface area (Å²) in [6.07, 6.45) is 1.02. The number of anilines is 1. The third-order valence-corrected chi connectivity index (χ3v) is 5.44. The van der Waals surface area contributed by atoms with E-state index in [9.17, 15) is 0 Å². The minimum atomic E-state index is 0.314. The van der Waals surface area contributed by atoms with Crippen LogP contribution in [0.25, 0.3) is 0 Å². The molecule has 0 saturated carbocycles. The van der Waals surface area contributed by atoms with Crippen molar-refractivity contribution in [1.29, 1.82) is 0 Å². The molecule has 5 rings (SSSR count). The summed E-state index contributed by atoms with van der Waals surface area (Å²) < 4.78 is 0. The summed E-state index contributed by atoms with van der Waals surface area (Å²) in [5, 5.41) is 7.98. The monoisotopic (exact) mass is 344 g/mol. The number of hydrogen-bond donors (Lipinski definition) is 0. The molecule has 0 saturated heterocycles. The van der Waals surface area contributed by atoms with Crippen molar-refractivity contribution in [3.05, 3.63) is 101 Å². The number of nitrogens with zero attached hydrogens (tertiary/aromatic N) is 2. The average Bonchev–Trinajstić information content (AvgIpc) is 3.21. The first-order chi connectivity index (χ1) is 12.3. The van der Waals surface area contributed by atoms with Gasteiger partial charge in [0.2, 0.25) is 0 Å². The Kier molecular flexibility index (Phi) is 3.39. The number of fused-ring (bicyclic) bond motifs is 3. The lowest BCUT2D eigenvalue weighted by Gasteiger charge is -2.23. The second-order valence-corrected chi connectivity index (χ2v) is 7.06. The molecule has 0 amide bonds. The number of benzene rings is 3. The molecular formula is C22H17ClN2. The average molecular weight is 345 g/mol. The van der Waals surface area contributed by atoms with Gasteiger partial charge in [0.25, 0.3) is 0 Å². The maximum atomic E-state index is 6.07. The maximum absolute atomic E-state index is 6.07. The quantitative estimate of drug-likeness (QED) is 0.618.